The van der Waals surface area contributed by atoms with Crippen molar-refractivity contribution in [3.8, 4) is 0 Å². The van der Waals surface area contributed by atoms with Crippen LogP contribution in [0.2, 0.25) is 0 Å². The van der Waals surface area contributed by atoms with E-state index in [1.165, 1.54) is 0 Å². The highest BCUT2D eigenvalue weighted by Gasteiger charge is 2.19. The zero-order valence-electron chi connectivity index (χ0n) is 6.84. The summed E-state index contributed by atoms with van der Waals surface area (Å²) < 4.78 is 0. The van der Waals surface area contributed by atoms with Crippen LogP contribution in [0, 0.1) is 0 Å². The highest BCUT2D eigenvalue weighted by atomic mass is 16.6. The number of benzene rings is 1. The number of nitrogens with zero attached hydrogens (tertiary/aromatic N) is 2. The minimum atomic E-state index is 0.237. The highest BCUT2D eigenvalue weighted by molar-refractivity contribution is 6.49. The molecule has 13 heavy (non-hydrogen) atoms. The van der Waals surface area contributed by atoms with Crippen molar-refractivity contribution in [2.75, 3.05) is 6.61 Å². The molecule has 4 heteroatoms. The molecule has 0 atom stereocenters. The lowest BCUT2D eigenvalue weighted by Crippen LogP contribution is -2.13. The molecule has 0 aliphatic carbocycles. The first-order chi connectivity index (χ1) is 6.42. The minimum absolute atomic E-state index is 0.237. The molecule has 1 aliphatic rings. The third kappa shape index (κ3) is 1.38. The van der Waals surface area contributed by atoms with Crippen LogP contribution in [0.1, 0.15) is 5.56 Å². The molecule has 0 aromatic heterocycles. The molecule has 4 nitrogen and oxygen atoms in total. The Kier molecular flexibility index (Phi) is 1.96. The second kappa shape index (κ2) is 3.26. The van der Waals surface area contributed by atoms with Gasteiger partial charge >= 0.3 is 0 Å². The Labute approximate surface area is 75.1 Å². The Morgan fingerprint density at radius 3 is 2.77 bits per heavy atom. The zero-order valence-corrected chi connectivity index (χ0v) is 6.84. The van der Waals surface area contributed by atoms with Gasteiger partial charge in [-0.15, -0.1) is 0 Å². The van der Waals surface area contributed by atoms with Gasteiger partial charge in [0.15, 0.2) is 6.61 Å². The standard InChI is InChI=1S/C9H8N2O2/c12-10-8-6-13-11-9(8)7-4-2-1-3-5-7/h1-5,12H,6H2. The monoisotopic (exact) mass is 176 g/mol. The summed E-state index contributed by atoms with van der Waals surface area (Å²) in [5, 5.41) is 15.5. The quantitative estimate of drug-likeness (QED) is 0.517. The number of hydrogen-bond acceptors (Lipinski definition) is 4. The predicted octanol–water partition coefficient (Wildman–Crippen LogP) is 1.25. The van der Waals surface area contributed by atoms with E-state index < -0.39 is 0 Å². The van der Waals surface area contributed by atoms with Crippen molar-refractivity contribution in [3.05, 3.63) is 35.9 Å². The Balaban J connectivity index is 2.37. The fourth-order valence-corrected chi connectivity index (χ4v) is 1.17. The highest BCUT2D eigenvalue weighted by Crippen LogP contribution is 2.08. The number of oxime groups is 2. The number of rotatable bonds is 1. The summed E-state index contributed by atoms with van der Waals surface area (Å²) in [6.07, 6.45) is 0. The van der Waals surface area contributed by atoms with Crippen LogP contribution in [0.4, 0.5) is 0 Å². The average Bonchev–Trinajstić information content (AvgIpc) is 2.67. The van der Waals surface area contributed by atoms with Crippen LogP contribution in [0.25, 0.3) is 0 Å². The molecule has 0 radical (unpaired) electrons. The van der Waals surface area contributed by atoms with Crippen LogP contribution in [-0.2, 0) is 4.84 Å². The predicted molar refractivity (Wildman–Crippen MR) is 48.2 cm³/mol. The SMILES string of the molecule is ON=C1CON=C1c1ccccc1. The first-order valence-electron chi connectivity index (χ1n) is 3.88. The van der Waals surface area contributed by atoms with Crippen molar-refractivity contribution < 1.29 is 10.0 Å². The maximum atomic E-state index is 8.62. The summed E-state index contributed by atoms with van der Waals surface area (Å²) in [6, 6.07) is 9.48. The van der Waals surface area contributed by atoms with Crippen molar-refractivity contribution in [1.29, 1.82) is 0 Å². The van der Waals surface area contributed by atoms with Crippen LogP contribution in [-0.4, -0.2) is 23.2 Å². The third-order valence-electron chi connectivity index (χ3n) is 1.80. The maximum absolute atomic E-state index is 8.62. The molecular formula is C9H8N2O2. The molecule has 1 aliphatic heterocycles. The van der Waals surface area contributed by atoms with Crippen LogP contribution in [0.5, 0.6) is 0 Å². The molecule has 0 saturated carbocycles. The van der Waals surface area contributed by atoms with Gasteiger partial charge < -0.3 is 10.0 Å². The average molecular weight is 176 g/mol. The molecule has 66 valence electrons. The molecule has 0 fully saturated rings. The van der Waals surface area contributed by atoms with Gasteiger partial charge in [0, 0.05) is 5.56 Å². The van der Waals surface area contributed by atoms with E-state index in [2.05, 4.69) is 10.3 Å². The Morgan fingerprint density at radius 1 is 1.31 bits per heavy atom. The Bertz CT molecular complexity index is 357. The lowest BCUT2D eigenvalue weighted by atomic mass is 10.1. The normalized spacial score (nSPS) is 18.5. The van der Waals surface area contributed by atoms with Gasteiger partial charge in [0.1, 0.15) is 11.4 Å². The topological polar surface area (TPSA) is 54.2 Å². The third-order valence-corrected chi connectivity index (χ3v) is 1.80. The van der Waals surface area contributed by atoms with Gasteiger partial charge in [0.25, 0.3) is 0 Å². The van der Waals surface area contributed by atoms with E-state index in [4.69, 9.17) is 10.0 Å². The largest absolute Gasteiger partial charge is 0.410 e. The van der Waals surface area contributed by atoms with E-state index >= 15 is 0 Å². The smallest absolute Gasteiger partial charge is 0.164 e. The molecule has 0 spiro atoms. The van der Waals surface area contributed by atoms with E-state index in [9.17, 15) is 0 Å². The number of hydrogen-bond donors (Lipinski definition) is 1. The Morgan fingerprint density at radius 2 is 2.08 bits per heavy atom. The van der Waals surface area contributed by atoms with E-state index in [1.807, 2.05) is 30.3 Å². The van der Waals surface area contributed by atoms with E-state index in [0.29, 0.717) is 11.4 Å². The first kappa shape index (κ1) is 7.79. The zero-order chi connectivity index (χ0) is 9.10. The van der Waals surface area contributed by atoms with Crippen molar-refractivity contribution in [3.63, 3.8) is 0 Å². The van der Waals surface area contributed by atoms with Gasteiger partial charge in [-0.3, -0.25) is 0 Å². The van der Waals surface area contributed by atoms with Crippen molar-refractivity contribution in [2.45, 2.75) is 0 Å². The van der Waals surface area contributed by atoms with Gasteiger partial charge in [-0.2, -0.15) is 0 Å². The molecule has 0 amide bonds. The second-order valence-corrected chi connectivity index (χ2v) is 2.63. The molecule has 0 saturated heterocycles. The van der Waals surface area contributed by atoms with E-state index in [0.717, 1.165) is 5.56 Å². The van der Waals surface area contributed by atoms with Gasteiger partial charge in [-0.1, -0.05) is 40.6 Å². The molecule has 1 aromatic carbocycles. The van der Waals surface area contributed by atoms with Crippen LogP contribution in [0.3, 0.4) is 0 Å². The Hall–Kier alpha value is -1.84. The van der Waals surface area contributed by atoms with Gasteiger partial charge in [0.05, 0.1) is 0 Å². The minimum Gasteiger partial charge on any atom is -0.410 e. The van der Waals surface area contributed by atoms with Crippen LogP contribution < -0.4 is 0 Å². The molecule has 1 aromatic rings. The maximum Gasteiger partial charge on any atom is 0.164 e. The molecule has 2 rings (SSSR count). The fourth-order valence-electron chi connectivity index (χ4n) is 1.17. The van der Waals surface area contributed by atoms with Crippen molar-refractivity contribution in [2.24, 2.45) is 10.3 Å². The van der Waals surface area contributed by atoms with Crippen LogP contribution >= 0.6 is 0 Å². The lowest BCUT2D eigenvalue weighted by molar-refractivity contribution is 0.194. The van der Waals surface area contributed by atoms with Gasteiger partial charge in [-0.05, 0) is 0 Å². The van der Waals surface area contributed by atoms with Crippen molar-refractivity contribution >= 4 is 11.4 Å². The second-order valence-electron chi connectivity index (χ2n) is 2.63. The molecule has 0 unspecified atom stereocenters. The van der Waals surface area contributed by atoms with Crippen LogP contribution in [0.15, 0.2) is 40.6 Å². The lowest BCUT2D eigenvalue weighted by Gasteiger charge is -1.96. The fraction of sp³-hybridized carbons (Fsp3) is 0.111. The summed E-state index contributed by atoms with van der Waals surface area (Å²) >= 11 is 0. The molecule has 0 bridgehead atoms. The van der Waals surface area contributed by atoms with Crippen molar-refractivity contribution in [1.82, 2.24) is 0 Å². The molecular weight excluding hydrogens is 168 g/mol. The van der Waals surface area contributed by atoms with E-state index in [-0.39, 0.29) is 6.61 Å². The molecule has 1 heterocycles. The summed E-state index contributed by atoms with van der Waals surface area (Å²) in [5.74, 6) is 0. The van der Waals surface area contributed by atoms with Gasteiger partial charge in [0.2, 0.25) is 0 Å². The van der Waals surface area contributed by atoms with Gasteiger partial charge in [-0.25, -0.2) is 0 Å². The van der Waals surface area contributed by atoms with E-state index in [1.54, 1.807) is 0 Å². The molecule has 1 N–H and O–H groups in total. The summed E-state index contributed by atoms with van der Waals surface area (Å²) in [7, 11) is 0. The summed E-state index contributed by atoms with van der Waals surface area (Å²) in [5.41, 5.74) is 1.96. The summed E-state index contributed by atoms with van der Waals surface area (Å²) in [4.78, 5) is 4.81. The summed E-state index contributed by atoms with van der Waals surface area (Å²) in [6.45, 7) is 0.237. The first-order valence-corrected chi connectivity index (χ1v) is 3.88.